The van der Waals surface area contributed by atoms with Gasteiger partial charge in [-0.25, -0.2) is 0 Å². The summed E-state index contributed by atoms with van der Waals surface area (Å²) in [5.74, 6) is -0.103. The fourth-order valence-electron chi connectivity index (χ4n) is 2.70. The molecular weight excluding hydrogens is 272 g/mol. The minimum absolute atomic E-state index is 0.103. The molecule has 1 fully saturated rings. The number of aliphatic hydroxyl groups excluding tert-OH is 1. The molecule has 20 heavy (non-hydrogen) atoms. The van der Waals surface area contributed by atoms with Crippen molar-refractivity contribution < 1.29 is 9.90 Å². The summed E-state index contributed by atoms with van der Waals surface area (Å²) >= 11 is 4.93. The second-order valence-electron chi connectivity index (χ2n) is 5.28. The molecule has 0 saturated heterocycles. The minimum atomic E-state index is -0.434. The first-order valence-electron chi connectivity index (χ1n) is 6.86. The van der Waals surface area contributed by atoms with E-state index in [0.29, 0.717) is 11.1 Å². The number of benzene rings is 1. The standard InChI is InChI=1S/C15H20N2O2S/c1-17(12-7-2-3-8-13(12)18)15(19)11-6-4-5-10(9-11)14(16)20/h4-6,9,12-13,18H,2-3,7-8H2,1H3,(H2,16,20). The third kappa shape index (κ3) is 3.16. The average Bonchev–Trinajstić information content (AvgIpc) is 2.46. The topological polar surface area (TPSA) is 66.6 Å². The van der Waals surface area contributed by atoms with Crippen LogP contribution < -0.4 is 5.73 Å². The Morgan fingerprint density at radius 1 is 1.35 bits per heavy atom. The molecule has 0 radical (unpaired) electrons. The minimum Gasteiger partial charge on any atom is -0.391 e. The molecule has 3 N–H and O–H groups in total. The third-order valence-corrected chi connectivity index (χ3v) is 4.14. The number of carbonyl (C=O) groups is 1. The van der Waals surface area contributed by atoms with Gasteiger partial charge >= 0.3 is 0 Å². The number of rotatable bonds is 3. The van der Waals surface area contributed by atoms with Crippen LogP contribution in [0.25, 0.3) is 0 Å². The number of thiocarbonyl (C=S) groups is 1. The molecule has 4 nitrogen and oxygen atoms in total. The molecule has 2 atom stereocenters. The van der Waals surface area contributed by atoms with E-state index in [1.54, 1.807) is 36.2 Å². The quantitative estimate of drug-likeness (QED) is 0.832. The smallest absolute Gasteiger partial charge is 0.253 e. The van der Waals surface area contributed by atoms with Gasteiger partial charge in [0.1, 0.15) is 4.99 Å². The highest BCUT2D eigenvalue weighted by atomic mass is 32.1. The fraction of sp³-hybridized carbons (Fsp3) is 0.467. The number of hydrogen-bond acceptors (Lipinski definition) is 3. The molecule has 2 rings (SSSR count). The molecule has 1 aliphatic rings. The van der Waals surface area contributed by atoms with Crippen molar-refractivity contribution in [2.24, 2.45) is 5.73 Å². The normalized spacial score (nSPS) is 22.3. The number of nitrogens with zero attached hydrogens (tertiary/aromatic N) is 1. The summed E-state index contributed by atoms with van der Waals surface area (Å²) < 4.78 is 0. The molecule has 2 unspecified atom stereocenters. The Morgan fingerprint density at radius 2 is 2.00 bits per heavy atom. The Kier molecular flexibility index (Phi) is 4.73. The number of carbonyl (C=O) groups excluding carboxylic acids is 1. The lowest BCUT2D eigenvalue weighted by Crippen LogP contribution is -2.46. The molecule has 0 bridgehead atoms. The zero-order valence-electron chi connectivity index (χ0n) is 11.6. The van der Waals surface area contributed by atoms with Crippen LogP contribution in [0.1, 0.15) is 41.6 Å². The Balaban J connectivity index is 2.17. The third-order valence-electron chi connectivity index (χ3n) is 3.91. The Hall–Kier alpha value is -1.46. The molecule has 1 amide bonds. The zero-order valence-corrected chi connectivity index (χ0v) is 12.4. The molecular formula is C15H20N2O2S. The van der Waals surface area contributed by atoms with Gasteiger partial charge in [-0.3, -0.25) is 4.79 Å². The predicted octanol–water partition coefficient (Wildman–Crippen LogP) is 1.70. The number of hydrogen-bond donors (Lipinski definition) is 2. The van der Waals surface area contributed by atoms with Crippen LogP contribution in [0.4, 0.5) is 0 Å². The maximum absolute atomic E-state index is 12.5. The molecule has 0 spiro atoms. The van der Waals surface area contributed by atoms with Crippen LogP contribution in [0.5, 0.6) is 0 Å². The van der Waals surface area contributed by atoms with Crippen molar-refractivity contribution in [2.45, 2.75) is 37.8 Å². The molecule has 1 aromatic rings. The summed E-state index contributed by atoms with van der Waals surface area (Å²) in [6.45, 7) is 0. The van der Waals surface area contributed by atoms with Gasteiger partial charge in [0.05, 0.1) is 12.1 Å². The summed E-state index contributed by atoms with van der Waals surface area (Å²) in [6.07, 6.45) is 3.24. The maximum Gasteiger partial charge on any atom is 0.253 e. The highest BCUT2D eigenvalue weighted by molar-refractivity contribution is 7.80. The lowest BCUT2D eigenvalue weighted by Gasteiger charge is -2.35. The lowest BCUT2D eigenvalue weighted by atomic mass is 9.91. The van der Waals surface area contributed by atoms with E-state index in [9.17, 15) is 9.90 Å². The summed E-state index contributed by atoms with van der Waals surface area (Å²) in [5, 5.41) is 10.0. The van der Waals surface area contributed by atoms with Crippen molar-refractivity contribution >= 4 is 23.1 Å². The van der Waals surface area contributed by atoms with Crippen LogP contribution in [0, 0.1) is 0 Å². The number of nitrogens with two attached hydrogens (primary N) is 1. The first-order valence-corrected chi connectivity index (χ1v) is 7.26. The number of aliphatic hydroxyl groups is 1. The second kappa shape index (κ2) is 6.33. The Morgan fingerprint density at radius 3 is 2.65 bits per heavy atom. The summed E-state index contributed by atoms with van der Waals surface area (Å²) in [4.78, 5) is 14.4. The first kappa shape index (κ1) is 14.9. The monoisotopic (exact) mass is 292 g/mol. The van der Waals surface area contributed by atoms with E-state index >= 15 is 0 Å². The molecule has 1 aliphatic carbocycles. The van der Waals surface area contributed by atoms with Gasteiger partial charge in [-0.15, -0.1) is 0 Å². The van der Waals surface area contributed by atoms with Gasteiger partial charge < -0.3 is 15.7 Å². The van der Waals surface area contributed by atoms with E-state index in [1.165, 1.54) is 0 Å². The average molecular weight is 292 g/mol. The van der Waals surface area contributed by atoms with Crippen molar-refractivity contribution in [2.75, 3.05) is 7.05 Å². The van der Waals surface area contributed by atoms with Gasteiger partial charge in [-0.2, -0.15) is 0 Å². The first-order chi connectivity index (χ1) is 9.50. The van der Waals surface area contributed by atoms with Crippen LogP contribution in [0.2, 0.25) is 0 Å². The van der Waals surface area contributed by atoms with Gasteiger partial charge in [-0.1, -0.05) is 37.2 Å². The second-order valence-corrected chi connectivity index (χ2v) is 5.72. The molecule has 0 aromatic heterocycles. The molecule has 5 heteroatoms. The van der Waals surface area contributed by atoms with Crippen molar-refractivity contribution in [3.63, 3.8) is 0 Å². The van der Waals surface area contributed by atoms with Crippen molar-refractivity contribution in [1.29, 1.82) is 0 Å². The SMILES string of the molecule is CN(C(=O)c1cccc(C(N)=S)c1)C1CCCCC1O. The van der Waals surface area contributed by atoms with Crippen molar-refractivity contribution in [3.05, 3.63) is 35.4 Å². The number of amides is 1. The van der Waals surface area contributed by atoms with Crippen molar-refractivity contribution in [3.8, 4) is 0 Å². The van der Waals surface area contributed by atoms with Gasteiger partial charge in [0.2, 0.25) is 0 Å². The van der Waals surface area contributed by atoms with Crippen LogP contribution in [0.15, 0.2) is 24.3 Å². The lowest BCUT2D eigenvalue weighted by molar-refractivity contribution is 0.0268. The van der Waals surface area contributed by atoms with Crippen LogP contribution in [-0.4, -0.2) is 40.1 Å². The maximum atomic E-state index is 12.5. The van der Waals surface area contributed by atoms with Crippen molar-refractivity contribution in [1.82, 2.24) is 4.90 Å². The highest BCUT2D eigenvalue weighted by Gasteiger charge is 2.29. The van der Waals surface area contributed by atoms with E-state index in [0.717, 1.165) is 25.7 Å². The van der Waals surface area contributed by atoms with E-state index in [4.69, 9.17) is 18.0 Å². The molecule has 0 heterocycles. The fourth-order valence-corrected chi connectivity index (χ4v) is 2.83. The zero-order chi connectivity index (χ0) is 14.7. The summed E-state index contributed by atoms with van der Waals surface area (Å²) in [5.41, 5.74) is 6.83. The van der Waals surface area contributed by atoms with E-state index < -0.39 is 6.10 Å². The predicted molar refractivity (Wildman–Crippen MR) is 82.7 cm³/mol. The molecule has 1 saturated carbocycles. The van der Waals surface area contributed by atoms with E-state index in [-0.39, 0.29) is 16.9 Å². The van der Waals surface area contributed by atoms with E-state index in [1.807, 2.05) is 0 Å². The molecule has 1 aromatic carbocycles. The van der Waals surface area contributed by atoms with E-state index in [2.05, 4.69) is 0 Å². The largest absolute Gasteiger partial charge is 0.391 e. The van der Waals surface area contributed by atoms with Gasteiger partial charge in [0.25, 0.3) is 5.91 Å². The van der Waals surface area contributed by atoms with Gasteiger partial charge in [0, 0.05) is 18.2 Å². The van der Waals surface area contributed by atoms with Crippen LogP contribution >= 0.6 is 12.2 Å². The highest BCUT2D eigenvalue weighted by Crippen LogP contribution is 2.23. The van der Waals surface area contributed by atoms with Crippen LogP contribution in [0.3, 0.4) is 0 Å². The van der Waals surface area contributed by atoms with Gasteiger partial charge in [0.15, 0.2) is 0 Å². The van der Waals surface area contributed by atoms with Gasteiger partial charge in [-0.05, 0) is 25.0 Å². The Labute approximate surface area is 124 Å². The van der Waals surface area contributed by atoms with Crippen LogP contribution in [-0.2, 0) is 0 Å². The molecule has 108 valence electrons. The summed E-state index contributed by atoms with van der Waals surface area (Å²) in [6, 6.07) is 6.90. The molecule has 0 aliphatic heterocycles. The summed E-state index contributed by atoms with van der Waals surface area (Å²) in [7, 11) is 1.75. The number of likely N-dealkylation sites (N-methyl/N-ethyl adjacent to an activating group) is 1. The Bertz CT molecular complexity index is 518.